The van der Waals surface area contributed by atoms with Crippen LogP contribution in [-0.4, -0.2) is 21.6 Å². The van der Waals surface area contributed by atoms with Gasteiger partial charge in [0.2, 0.25) is 0 Å². The average molecular weight is 377 g/mol. The summed E-state index contributed by atoms with van der Waals surface area (Å²) in [6.45, 7) is 0. The van der Waals surface area contributed by atoms with Gasteiger partial charge in [-0.15, -0.1) is 11.3 Å². The molecule has 27 heavy (non-hydrogen) atoms. The summed E-state index contributed by atoms with van der Waals surface area (Å²) in [5.74, 6) is -0.251. The molecule has 0 saturated carbocycles. The summed E-state index contributed by atoms with van der Waals surface area (Å²) in [5.41, 5.74) is 2.13. The van der Waals surface area contributed by atoms with Crippen LogP contribution in [0.1, 0.15) is 33.3 Å². The van der Waals surface area contributed by atoms with Gasteiger partial charge in [0.15, 0.2) is 0 Å². The van der Waals surface area contributed by atoms with Crippen LogP contribution in [0, 0.1) is 10.1 Å². The highest BCUT2D eigenvalue weighted by Gasteiger charge is 2.37. The van der Waals surface area contributed by atoms with E-state index in [1.165, 1.54) is 22.4 Å². The first-order chi connectivity index (χ1) is 13.1. The molecular weight excluding hydrogens is 362 g/mol. The van der Waals surface area contributed by atoms with Gasteiger partial charge in [0.25, 0.3) is 11.6 Å². The standard InChI is InChI=1S/C20H15N3O3S/c24-20(19-11-6-12-27-19)22-18(15-9-4-5-10-17(15)23(25)26)13-16(21-22)14-7-2-1-3-8-14/h1-12,18H,13H2. The number of benzene rings is 2. The van der Waals surface area contributed by atoms with Crippen molar-refractivity contribution in [1.82, 2.24) is 5.01 Å². The maximum atomic E-state index is 13.0. The smallest absolute Gasteiger partial charge is 0.266 e. The number of amides is 1. The predicted octanol–water partition coefficient (Wildman–Crippen LogP) is 4.65. The quantitative estimate of drug-likeness (QED) is 0.491. The van der Waals surface area contributed by atoms with Crippen LogP contribution < -0.4 is 0 Å². The Morgan fingerprint density at radius 3 is 2.52 bits per heavy atom. The second-order valence-corrected chi connectivity index (χ2v) is 7.02. The molecule has 4 rings (SSSR count). The van der Waals surface area contributed by atoms with E-state index in [1.54, 1.807) is 30.3 Å². The van der Waals surface area contributed by atoms with Crippen LogP contribution in [0.25, 0.3) is 0 Å². The lowest BCUT2D eigenvalue weighted by molar-refractivity contribution is -0.385. The molecular formula is C20H15N3O3S. The number of hydrogen-bond acceptors (Lipinski definition) is 5. The van der Waals surface area contributed by atoms with Gasteiger partial charge in [0, 0.05) is 12.5 Å². The van der Waals surface area contributed by atoms with Crippen molar-refractivity contribution < 1.29 is 9.72 Å². The van der Waals surface area contributed by atoms with Crippen LogP contribution in [0.5, 0.6) is 0 Å². The van der Waals surface area contributed by atoms with Gasteiger partial charge in [-0.25, -0.2) is 5.01 Å². The van der Waals surface area contributed by atoms with Gasteiger partial charge < -0.3 is 0 Å². The molecule has 1 atom stereocenters. The summed E-state index contributed by atoms with van der Waals surface area (Å²) in [6.07, 6.45) is 0.423. The van der Waals surface area contributed by atoms with E-state index in [4.69, 9.17) is 0 Å². The van der Waals surface area contributed by atoms with Crippen molar-refractivity contribution in [3.8, 4) is 0 Å². The Kier molecular flexibility index (Phi) is 4.52. The highest BCUT2D eigenvalue weighted by molar-refractivity contribution is 7.12. The van der Waals surface area contributed by atoms with Crippen molar-refractivity contribution in [3.63, 3.8) is 0 Å². The molecule has 3 aromatic rings. The van der Waals surface area contributed by atoms with Gasteiger partial charge in [-0.05, 0) is 23.1 Å². The predicted molar refractivity (Wildman–Crippen MR) is 104 cm³/mol. The number of hydrazone groups is 1. The summed E-state index contributed by atoms with van der Waals surface area (Å²) in [5, 5.41) is 19.3. The van der Waals surface area contributed by atoms with Gasteiger partial charge in [-0.2, -0.15) is 5.10 Å². The monoisotopic (exact) mass is 377 g/mol. The van der Waals surface area contributed by atoms with E-state index in [-0.39, 0.29) is 11.6 Å². The van der Waals surface area contributed by atoms with E-state index >= 15 is 0 Å². The summed E-state index contributed by atoms with van der Waals surface area (Å²) in [4.78, 5) is 24.7. The lowest BCUT2D eigenvalue weighted by Crippen LogP contribution is -2.26. The summed E-state index contributed by atoms with van der Waals surface area (Å²) in [6, 6.07) is 19.1. The molecule has 2 aromatic carbocycles. The first kappa shape index (κ1) is 17.1. The SMILES string of the molecule is O=C(c1cccs1)N1N=C(c2ccccc2)CC1c1ccccc1[N+](=O)[O-]. The van der Waals surface area contributed by atoms with Gasteiger partial charge >= 0.3 is 0 Å². The van der Waals surface area contributed by atoms with Crippen molar-refractivity contribution in [1.29, 1.82) is 0 Å². The Morgan fingerprint density at radius 1 is 1.07 bits per heavy atom. The molecule has 134 valence electrons. The normalized spacial score (nSPS) is 16.2. The fraction of sp³-hybridized carbons (Fsp3) is 0.100. The Bertz CT molecular complexity index is 1020. The molecule has 0 fully saturated rings. The Hall–Kier alpha value is -3.32. The number of para-hydroxylation sites is 1. The zero-order valence-corrected chi connectivity index (χ0v) is 15.0. The van der Waals surface area contributed by atoms with Crippen LogP contribution in [0.3, 0.4) is 0 Å². The summed E-state index contributed by atoms with van der Waals surface area (Å²) < 4.78 is 0. The molecule has 0 bridgehead atoms. The van der Waals surface area contributed by atoms with Crippen molar-refractivity contribution >= 4 is 28.6 Å². The van der Waals surface area contributed by atoms with E-state index in [2.05, 4.69) is 5.10 Å². The van der Waals surface area contributed by atoms with Crippen molar-refractivity contribution in [2.45, 2.75) is 12.5 Å². The number of hydrogen-bond donors (Lipinski definition) is 0. The topological polar surface area (TPSA) is 75.8 Å². The number of thiophene rings is 1. The van der Waals surface area contributed by atoms with Gasteiger partial charge in [-0.1, -0.05) is 48.5 Å². The summed E-state index contributed by atoms with van der Waals surface area (Å²) >= 11 is 1.33. The Balaban J connectivity index is 1.78. The lowest BCUT2D eigenvalue weighted by Gasteiger charge is -2.21. The molecule has 1 aromatic heterocycles. The zero-order chi connectivity index (χ0) is 18.8. The number of nitro groups is 1. The van der Waals surface area contributed by atoms with Gasteiger partial charge in [0.05, 0.1) is 27.1 Å². The lowest BCUT2D eigenvalue weighted by atomic mass is 9.97. The van der Waals surface area contributed by atoms with Crippen molar-refractivity contribution in [3.05, 3.63) is 98.2 Å². The third kappa shape index (κ3) is 3.24. The fourth-order valence-corrected chi connectivity index (χ4v) is 3.85. The van der Waals surface area contributed by atoms with E-state index in [1.807, 2.05) is 35.7 Å². The third-order valence-corrected chi connectivity index (χ3v) is 5.31. The zero-order valence-electron chi connectivity index (χ0n) is 14.2. The first-order valence-corrected chi connectivity index (χ1v) is 9.26. The Labute approximate surface area is 159 Å². The number of rotatable bonds is 4. The van der Waals surface area contributed by atoms with E-state index in [0.717, 1.165) is 11.3 Å². The van der Waals surface area contributed by atoms with Crippen LogP contribution in [0.15, 0.2) is 77.2 Å². The number of nitro benzene ring substituents is 1. The number of nitrogens with zero attached hydrogens (tertiary/aromatic N) is 3. The second-order valence-electron chi connectivity index (χ2n) is 6.08. The molecule has 6 nitrogen and oxygen atoms in total. The maximum absolute atomic E-state index is 13.0. The number of carbonyl (C=O) groups excluding carboxylic acids is 1. The van der Waals surface area contributed by atoms with Crippen molar-refractivity contribution in [2.24, 2.45) is 5.10 Å². The molecule has 0 N–H and O–H groups in total. The second kappa shape index (κ2) is 7.13. The molecule has 1 amide bonds. The molecule has 0 spiro atoms. The molecule has 7 heteroatoms. The Morgan fingerprint density at radius 2 is 1.81 bits per heavy atom. The molecule has 1 aliphatic rings. The van der Waals surface area contributed by atoms with E-state index < -0.39 is 11.0 Å². The number of carbonyl (C=O) groups is 1. The maximum Gasteiger partial charge on any atom is 0.284 e. The minimum absolute atomic E-state index is 0.00371. The molecule has 0 aliphatic carbocycles. The molecule has 1 aliphatic heterocycles. The fourth-order valence-electron chi connectivity index (χ4n) is 3.19. The van der Waals surface area contributed by atoms with Gasteiger partial charge in [-0.3, -0.25) is 14.9 Å². The van der Waals surface area contributed by atoms with Gasteiger partial charge in [0.1, 0.15) is 0 Å². The van der Waals surface area contributed by atoms with E-state index in [0.29, 0.717) is 16.9 Å². The van der Waals surface area contributed by atoms with Crippen LogP contribution in [0.4, 0.5) is 5.69 Å². The highest BCUT2D eigenvalue weighted by Crippen LogP contribution is 2.38. The average Bonchev–Trinajstić information content (AvgIpc) is 3.38. The minimum atomic E-state index is -0.517. The van der Waals surface area contributed by atoms with Crippen LogP contribution in [-0.2, 0) is 0 Å². The highest BCUT2D eigenvalue weighted by atomic mass is 32.1. The molecule has 0 saturated heterocycles. The third-order valence-electron chi connectivity index (χ3n) is 4.45. The molecule has 0 radical (unpaired) electrons. The first-order valence-electron chi connectivity index (χ1n) is 8.38. The largest absolute Gasteiger partial charge is 0.284 e. The summed E-state index contributed by atoms with van der Waals surface area (Å²) in [7, 11) is 0. The molecule has 2 heterocycles. The van der Waals surface area contributed by atoms with Crippen LogP contribution in [0.2, 0.25) is 0 Å². The van der Waals surface area contributed by atoms with E-state index in [9.17, 15) is 14.9 Å². The van der Waals surface area contributed by atoms with Crippen LogP contribution >= 0.6 is 11.3 Å². The molecule has 1 unspecified atom stereocenters. The minimum Gasteiger partial charge on any atom is -0.266 e. The van der Waals surface area contributed by atoms with Crippen molar-refractivity contribution in [2.75, 3.05) is 0 Å².